The number of rotatable bonds is 4. The normalized spacial score (nSPS) is 15.8. The number of para-hydroxylation sites is 1. The van der Waals surface area contributed by atoms with E-state index in [0.29, 0.717) is 18.8 Å². The largest absolute Gasteiger partial charge is 0.493 e. The summed E-state index contributed by atoms with van der Waals surface area (Å²) >= 11 is 0. The first kappa shape index (κ1) is 15.8. The number of nitrogens with one attached hydrogen (secondary N) is 2. The molecule has 0 aliphatic carbocycles. The van der Waals surface area contributed by atoms with E-state index in [4.69, 9.17) is 10.5 Å². The van der Waals surface area contributed by atoms with Crippen molar-refractivity contribution in [3.05, 3.63) is 53.9 Å². The van der Waals surface area contributed by atoms with E-state index in [2.05, 4.69) is 15.6 Å². The summed E-state index contributed by atoms with van der Waals surface area (Å²) in [7, 11) is 0. The molecule has 0 bridgehead atoms. The summed E-state index contributed by atoms with van der Waals surface area (Å²) in [5.41, 5.74) is 6.87. The maximum absolute atomic E-state index is 12.0. The van der Waals surface area contributed by atoms with Gasteiger partial charge in [0, 0.05) is 12.5 Å². The fourth-order valence-corrected chi connectivity index (χ4v) is 2.63. The molecule has 1 unspecified atom stereocenters. The van der Waals surface area contributed by atoms with Gasteiger partial charge in [-0.1, -0.05) is 18.2 Å². The molecule has 1 aromatic carbocycles. The number of benzene rings is 1. The lowest BCUT2D eigenvalue weighted by atomic mass is 9.93. The first-order chi connectivity index (χ1) is 11.6. The van der Waals surface area contributed by atoms with Crippen molar-refractivity contribution < 1.29 is 14.3 Å². The second kappa shape index (κ2) is 6.99. The Morgan fingerprint density at radius 2 is 2.08 bits per heavy atom. The number of hydrogen-bond donors (Lipinski definition) is 3. The maximum Gasteiger partial charge on any atom is 0.319 e. The smallest absolute Gasteiger partial charge is 0.319 e. The van der Waals surface area contributed by atoms with Crippen LogP contribution < -0.4 is 21.1 Å². The number of aromatic nitrogens is 1. The average molecular weight is 326 g/mol. The number of pyridine rings is 1. The molecule has 2 heterocycles. The molecule has 1 aromatic heterocycles. The zero-order chi connectivity index (χ0) is 16.9. The Morgan fingerprint density at radius 3 is 2.83 bits per heavy atom. The quantitative estimate of drug-likeness (QED) is 0.797. The molecule has 0 saturated carbocycles. The lowest BCUT2D eigenvalue weighted by molar-refractivity contribution is 0.0995. The summed E-state index contributed by atoms with van der Waals surface area (Å²) in [6.45, 7) is 1.16. The predicted molar refractivity (Wildman–Crippen MR) is 89.1 cm³/mol. The molecule has 1 aliphatic heterocycles. The second-order valence-electron chi connectivity index (χ2n) is 5.50. The number of nitrogens with zero attached hydrogens (tertiary/aromatic N) is 1. The number of carbonyl (C=O) groups excluding carboxylic acids is 2. The molecule has 2 aromatic rings. The molecule has 3 amide bonds. The van der Waals surface area contributed by atoms with Gasteiger partial charge in [-0.3, -0.25) is 4.79 Å². The molecule has 0 radical (unpaired) electrons. The fraction of sp³-hybridized carbons (Fsp3) is 0.235. The number of anilines is 1. The number of ether oxygens (including phenoxy) is 1. The van der Waals surface area contributed by atoms with E-state index >= 15 is 0 Å². The molecule has 0 spiro atoms. The van der Waals surface area contributed by atoms with Gasteiger partial charge in [0.1, 0.15) is 11.4 Å². The Hall–Kier alpha value is -3.09. The third-order valence-corrected chi connectivity index (χ3v) is 3.87. The van der Waals surface area contributed by atoms with Crippen molar-refractivity contribution in [2.24, 2.45) is 5.73 Å². The standard InChI is InChI=1S/C17H18N4O3/c18-16(22)14-6-5-12(10-19-14)21-17(23)20-9-11-7-8-24-15-4-2-1-3-13(11)15/h1-6,10-11H,7-9H2,(H2,18,22)(H2,20,21,23). The van der Waals surface area contributed by atoms with Crippen LogP contribution in [0.3, 0.4) is 0 Å². The minimum atomic E-state index is -0.607. The molecule has 7 nitrogen and oxygen atoms in total. The van der Waals surface area contributed by atoms with Crippen LogP contribution in [0.15, 0.2) is 42.6 Å². The number of nitrogens with two attached hydrogens (primary N) is 1. The van der Waals surface area contributed by atoms with Crippen LogP contribution >= 0.6 is 0 Å². The molecule has 0 saturated heterocycles. The summed E-state index contributed by atoms with van der Waals surface area (Å²) in [6, 6.07) is 10.6. The topological polar surface area (TPSA) is 106 Å². The third kappa shape index (κ3) is 3.62. The molecular formula is C17H18N4O3. The first-order valence-corrected chi connectivity index (χ1v) is 7.66. The SMILES string of the molecule is NC(=O)c1ccc(NC(=O)NCC2CCOc3ccccc32)cn1. The van der Waals surface area contributed by atoms with Crippen LogP contribution in [0.1, 0.15) is 28.4 Å². The highest BCUT2D eigenvalue weighted by Crippen LogP contribution is 2.32. The predicted octanol–water partition coefficient (Wildman–Crippen LogP) is 1.87. The van der Waals surface area contributed by atoms with Crippen LogP contribution in [0, 0.1) is 0 Å². The van der Waals surface area contributed by atoms with Crippen molar-refractivity contribution in [3.63, 3.8) is 0 Å². The van der Waals surface area contributed by atoms with Crippen LogP contribution in [0.25, 0.3) is 0 Å². The Morgan fingerprint density at radius 1 is 1.25 bits per heavy atom. The zero-order valence-corrected chi connectivity index (χ0v) is 13.0. The van der Waals surface area contributed by atoms with Gasteiger partial charge in [0.15, 0.2) is 0 Å². The van der Waals surface area contributed by atoms with Crippen molar-refractivity contribution in [2.45, 2.75) is 12.3 Å². The van der Waals surface area contributed by atoms with Crippen LogP contribution in [-0.2, 0) is 0 Å². The molecule has 1 atom stereocenters. The van der Waals surface area contributed by atoms with Gasteiger partial charge in [0.2, 0.25) is 0 Å². The second-order valence-corrected chi connectivity index (χ2v) is 5.50. The number of carbonyl (C=O) groups is 2. The number of fused-ring (bicyclic) bond motifs is 1. The van der Waals surface area contributed by atoms with Gasteiger partial charge in [-0.25, -0.2) is 9.78 Å². The Labute approximate surface area is 139 Å². The number of urea groups is 1. The highest BCUT2D eigenvalue weighted by atomic mass is 16.5. The Balaban J connectivity index is 1.55. The Kier molecular flexibility index (Phi) is 4.60. The van der Waals surface area contributed by atoms with Crippen LogP contribution in [-0.4, -0.2) is 30.1 Å². The molecule has 7 heteroatoms. The van der Waals surface area contributed by atoms with Gasteiger partial charge < -0.3 is 21.1 Å². The number of amides is 3. The Bertz CT molecular complexity index is 746. The van der Waals surface area contributed by atoms with Gasteiger partial charge in [0.05, 0.1) is 18.5 Å². The first-order valence-electron chi connectivity index (χ1n) is 7.66. The molecule has 124 valence electrons. The summed E-state index contributed by atoms with van der Waals surface area (Å²) in [5, 5.41) is 5.53. The van der Waals surface area contributed by atoms with Gasteiger partial charge in [0.25, 0.3) is 5.91 Å². The van der Waals surface area contributed by atoms with Gasteiger partial charge in [-0.05, 0) is 30.2 Å². The molecular weight excluding hydrogens is 308 g/mol. The van der Waals surface area contributed by atoms with Crippen molar-refractivity contribution in [2.75, 3.05) is 18.5 Å². The highest BCUT2D eigenvalue weighted by Gasteiger charge is 2.21. The minimum absolute atomic E-state index is 0.153. The molecule has 3 rings (SSSR count). The summed E-state index contributed by atoms with van der Waals surface area (Å²) in [5.74, 6) is 0.488. The average Bonchev–Trinajstić information content (AvgIpc) is 2.60. The van der Waals surface area contributed by atoms with E-state index in [-0.39, 0.29) is 17.6 Å². The van der Waals surface area contributed by atoms with Crippen LogP contribution in [0.2, 0.25) is 0 Å². The van der Waals surface area contributed by atoms with Gasteiger partial charge in [-0.2, -0.15) is 0 Å². The van der Waals surface area contributed by atoms with E-state index in [1.54, 1.807) is 6.07 Å². The summed E-state index contributed by atoms with van der Waals surface area (Å²) in [4.78, 5) is 26.9. The maximum atomic E-state index is 12.0. The van der Waals surface area contributed by atoms with Gasteiger partial charge in [-0.15, -0.1) is 0 Å². The molecule has 1 aliphatic rings. The highest BCUT2D eigenvalue weighted by molar-refractivity contribution is 5.92. The third-order valence-electron chi connectivity index (χ3n) is 3.87. The lowest BCUT2D eigenvalue weighted by Gasteiger charge is -2.26. The molecule has 0 fully saturated rings. The van der Waals surface area contributed by atoms with E-state index in [9.17, 15) is 9.59 Å². The monoisotopic (exact) mass is 326 g/mol. The van der Waals surface area contributed by atoms with Crippen LogP contribution in [0.4, 0.5) is 10.5 Å². The number of hydrogen-bond acceptors (Lipinski definition) is 4. The summed E-state index contributed by atoms with van der Waals surface area (Å²) in [6.07, 6.45) is 2.25. The van der Waals surface area contributed by atoms with E-state index in [1.807, 2.05) is 24.3 Å². The summed E-state index contributed by atoms with van der Waals surface area (Å²) < 4.78 is 5.61. The van der Waals surface area contributed by atoms with E-state index in [1.165, 1.54) is 12.3 Å². The van der Waals surface area contributed by atoms with Crippen molar-refractivity contribution >= 4 is 17.6 Å². The van der Waals surface area contributed by atoms with Crippen molar-refractivity contribution in [3.8, 4) is 5.75 Å². The minimum Gasteiger partial charge on any atom is -0.493 e. The zero-order valence-electron chi connectivity index (χ0n) is 13.0. The van der Waals surface area contributed by atoms with Crippen molar-refractivity contribution in [1.29, 1.82) is 0 Å². The van der Waals surface area contributed by atoms with E-state index < -0.39 is 5.91 Å². The van der Waals surface area contributed by atoms with Crippen molar-refractivity contribution in [1.82, 2.24) is 10.3 Å². The fourth-order valence-electron chi connectivity index (χ4n) is 2.63. The lowest BCUT2D eigenvalue weighted by Crippen LogP contribution is -2.34. The van der Waals surface area contributed by atoms with Gasteiger partial charge >= 0.3 is 6.03 Å². The molecule has 24 heavy (non-hydrogen) atoms. The van der Waals surface area contributed by atoms with E-state index in [0.717, 1.165) is 17.7 Å². The van der Waals surface area contributed by atoms with Crippen LogP contribution in [0.5, 0.6) is 5.75 Å². The molecule has 4 N–H and O–H groups in total. The number of primary amides is 1.